The molecule has 0 unspecified atom stereocenters. The molecule has 38 heavy (non-hydrogen) atoms. The molecule has 0 N–H and O–H groups in total. The number of hydrogen-bond donors (Lipinski definition) is 0. The van der Waals surface area contributed by atoms with Gasteiger partial charge in [-0.25, -0.2) is 0 Å². The Hall–Kier alpha value is -3.76. The quantitative estimate of drug-likeness (QED) is 0.264. The van der Waals surface area contributed by atoms with Crippen LogP contribution in [0.15, 0.2) is 60.7 Å². The van der Waals surface area contributed by atoms with E-state index in [1.54, 1.807) is 14.0 Å². The summed E-state index contributed by atoms with van der Waals surface area (Å²) in [5.41, 5.74) is 6.53. The Kier molecular flexibility index (Phi) is 9.45. The van der Waals surface area contributed by atoms with Gasteiger partial charge in [0.2, 0.25) is 0 Å². The molecular formula is C32H34N2O4. The number of hydrogen-bond acceptors (Lipinski definition) is 6. The molecule has 0 radical (unpaired) electrons. The molecule has 6 nitrogen and oxygen atoms in total. The number of carbonyl (C=O) groups is 1. The number of nitriles is 1. The predicted molar refractivity (Wildman–Crippen MR) is 150 cm³/mol. The second-order valence-electron chi connectivity index (χ2n) is 9.41. The van der Waals surface area contributed by atoms with E-state index in [9.17, 15) is 10.1 Å². The minimum atomic E-state index is -0.253. The van der Waals surface area contributed by atoms with E-state index in [4.69, 9.17) is 14.2 Å². The summed E-state index contributed by atoms with van der Waals surface area (Å²) in [6, 6.07) is 22.2. The third kappa shape index (κ3) is 6.56. The molecule has 1 atom stereocenters. The summed E-state index contributed by atoms with van der Waals surface area (Å²) in [6.45, 7) is 6.89. The van der Waals surface area contributed by atoms with Crippen molar-refractivity contribution < 1.29 is 19.0 Å². The standard InChI is InChI=1S/C32H34N2O4/c1-23-18-28(21-34-14-15-37-22-31(34)24(2)35)32(38-17-16-36-3)19-27(23)13-12-26-10-7-11-29(30(26)20-33)25-8-5-4-6-9-25/h4-13,18-19,31H,14-17,21-22H2,1-3H3/b13-12+/t31-/m0/s1. The first-order valence-corrected chi connectivity index (χ1v) is 12.9. The molecule has 0 saturated carbocycles. The lowest BCUT2D eigenvalue weighted by Gasteiger charge is -2.34. The van der Waals surface area contributed by atoms with E-state index >= 15 is 0 Å². The van der Waals surface area contributed by atoms with Crippen LogP contribution in [0.2, 0.25) is 0 Å². The number of Topliss-reactive ketones (excluding diaryl/α,β-unsaturated/α-hetero) is 1. The van der Waals surface area contributed by atoms with E-state index in [1.165, 1.54) is 0 Å². The Bertz CT molecular complexity index is 1330. The Morgan fingerprint density at radius 3 is 2.63 bits per heavy atom. The molecule has 3 aromatic carbocycles. The van der Waals surface area contributed by atoms with Gasteiger partial charge in [0.15, 0.2) is 0 Å². The second-order valence-corrected chi connectivity index (χ2v) is 9.41. The monoisotopic (exact) mass is 510 g/mol. The molecule has 4 rings (SSSR count). The molecule has 0 spiro atoms. The van der Waals surface area contributed by atoms with E-state index in [-0.39, 0.29) is 11.8 Å². The van der Waals surface area contributed by atoms with Crippen LogP contribution in [0, 0.1) is 18.3 Å². The van der Waals surface area contributed by atoms with Gasteiger partial charge in [-0.1, -0.05) is 66.7 Å². The van der Waals surface area contributed by atoms with Gasteiger partial charge in [-0.05, 0) is 42.2 Å². The molecule has 1 aliphatic rings. The van der Waals surface area contributed by atoms with Crippen LogP contribution in [0.5, 0.6) is 5.75 Å². The normalized spacial score (nSPS) is 15.9. The molecule has 1 heterocycles. The fourth-order valence-electron chi connectivity index (χ4n) is 4.73. The van der Waals surface area contributed by atoms with Gasteiger partial charge in [0.25, 0.3) is 0 Å². The van der Waals surface area contributed by atoms with Crippen molar-refractivity contribution in [1.29, 1.82) is 5.26 Å². The van der Waals surface area contributed by atoms with Crippen molar-refractivity contribution in [2.75, 3.05) is 40.1 Å². The number of carbonyl (C=O) groups excluding carboxylic acids is 1. The van der Waals surface area contributed by atoms with E-state index in [0.29, 0.717) is 45.1 Å². The topological polar surface area (TPSA) is 71.8 Å². The van der Waals surface area contributed by atoms with Crippen molar-refractivity contribution in [3.05, 3.63) is 88.5 Å². The van der Waals surface area contributed by atoms with Gasteiger partial charge in [0.1, 0.15) is 24.2 Å². The number of ether oxygens (including phenoxy) is 3. The maximum Gasteiger partial charge on any atom is 0.149 e. The molecule has 0 aromatic heterocycles. The van der Waals surface area contributed by atoms with Crippen molar-refractivity contribution in [3.8, 4) is 22.9 Å². The molecule has 3 aromatic rings. The number of ketones is 1. The minimum absolute atomic E-state index is 0.105. The molecule has 6 heteroatoms. The van der Waals surface area contributed by atoms with Gasteiger partial charge in [0.05, 0.1) is 31.4 Å². The molecular weight excluding hydrogens is 476 g/mol. The van der Waals surface area contributed by atoms with E-state index in [1.807, 2.05) is 66.7 Å². The van der Waals surface area contributed by atoms with Crippen LogP contribution in [-0.4, -0.2) is 56.8 Å². The van der Waals surface area contributed by atoms with E-state index in [2.05, 4.69) is 24.0 Å². The van der Waals surface area contributed by atoms with E-state index < -0.39 is 0 Å². The van der Waals surface area contributed by atoms with Gasteiger partial charge < -0.3 is 14.2 Å². The summed E-state index contributed by atoms with van der Waals surface area (Å²) in [6.07, 6.45) is 4.01. The zero-order valence-corrected chi connectivity index (χ0v) is 22.3. The predicted octanol–water partition coefficient (Wildman–Crippen LogP) is 5.52. The summed E-state index contributed by atoms with van der Waals surface area (Å²) < 4.78 is 16.9. The maximum absolute atomic E-state index is 12.2. The lowest BCUT2D eigenvalue weighted by molar-refractivity contribution is -0.128. The zero-order valence-electron chi connectivity index (χ0n) is 22.3. The largest absolute Gasteiger partial charge is 0.491 e. The maximum atomic E-state index is 12.2. The summed E-state index contributed by atoms with van der Waals surface area (Å²) in [4.78, 5) is 14.4. The third-order valence-electron chi connectivity index (χ3n) is 6.81. The van der Waals surface area contributed by atoms with Crippen LogP contribution in [0.3, 0.4) is 0 Å². The first-order chi connectivity index (χ1) is 18.5. The highest BCUT2D eigenvalue weighted by Crippen LogP contribution is 2.30. The first kappa shape index (κ1) is 27.3. The lowest BCUT2D eigenvalue weighted by Crippen LogP contribution is -2.48. The SMILES string of the molecule is COCCOc1cc(/C=C/c2cccc(-c3ccccc3)c2C#N)c(C)cc1CN1CCOC[C@H]1C(C)=O. The number of methoxy groups -OCH3 is 1. The molecule has 196 valence electrons. The van der Waals surface area contributed by atoms with Crippen LogP contribution in [0.25, 0.3) is 23.3 Å². The number of benzene rings is 3. The average Bonchev–Trinajstić information content (AvgIpc) is 2.94. The lowest BCUT2D eigenvalue weighted by atomic mass is 9.95. The first-order valence-electron chi connectivity index (χ1n) is 12.9. The highest BCUT2D eigenvalue weighted by Gasteiger charge is 2.27. The molecule has 0 aliphatic carbocycles. The molecule has 1 fully saturated rings. The van der Waals surface area contributed by atoms with Gasteiger partial charge in [0, 0.05) is 31.3 Å². The second kappa shape index (κ2) is 13.2. The minimum Gasteiger partial charge on any atom is -0.491 e. The Labute approximate surface area is 225 Å². The highest BCUT2D eigenvalue weighted by molar-refractivity contribution is 5.82. The molecule has 1 aliphatic heterocycles. The van der Waals surface area contributed by atoms with Crippen LogP contribution >= 0.6 is 0 Å². The van der Waals surface area contributed by atoms with Crippen molar-refractivity contribution >= 4 is 17.9 Å². The van der Waals surface area contributed by atoms with Gasteiger partial charge >= 0.3 is 0 Å². The summed E-state index contributed by atoms with van der Waals surface area (Å²) in [5.74, 6) is 0.869. The highest BCUT2D eigenvalue weighted by atomic mass is 16.5. The van der Waals surface area contributed by atoms with Crippen molar-refractivity contribution in [3.63, 3.8) is 0 Å². The Balaban J connectivity index is 1.66. The van der Waals surface area contributed by atoms with Crippen molar-refractivity contribution in [1.82, 2.24) is 4.90 Å². The van der Waals surface area contributed by atoms with Crippen LogP contribution in [-0.2, 0) is 20.8 Å². The summed E-state index contributed by atoms with van der Waals surface area (Å²) in [5, 5.41) is 9.98. The van der Waals surface area contributed by atoms with Gasteiger partial charge in [-0.2, -0.15) is 5.26 Å². The number of nitrogens with zero attached hydrogens (tertiary/aromatic N) is 2. The Morgan fingerprint density at radius 1 is 1.11 bits per heavy atom. The van der Waals surface area contributed by atoms with Gasteiger partial charge in [-0.3, -0.25) is 9.69 Å². The third-order valence-corrected chi connectivity index (χ3v) is 6.81. The molecule has 0 bridgehead atoms. The van der Waals surface area contributed by atoms with E-state index in [0.717, 1.165) is 39.1 Å². The molecule has 0 amide bonds. The summed E-state index contributed by atoms with van der Waals surface area (Å²) in [7, 11) is 1.65. The van der Waals surface area contributed by atoms with Crippen molar-refractivity contribution in [2.45, 2.75) is 26.4 Å². The molecule has 1 saturated heterocycles. The van der Waals surface area contributed by atoms with Crippen molar-refractivity contribution in [2.24, 2.45) is 0 Å². The smallest absolute Gasteiger partial charge is 0.149 e. The number of rotatable bonds is 10. The zero-order chi connectivity index (χ0) is 26.9. The number of aryl methyl sites for hydroxylation is 1. The van der Waals surface area contributed by atoms with Gasteiger partial charge in [-0.15, -0.1) is 0 Å². The van der Waals surface area contributed by atoms with Crippen LogP contribution in [0.1, 0.15) is 34.7 Å². The summed E-state index contributed by atoms with van der Waals surface area (Å²) >= 11 is 0. The van der Waals surface area contributed by atoms with Crippen LogP contribution in [0.4, 0.5) is 0 Å². The number of morpholine rings is 1. The fourth-order valence-corrected chi connectivity index (χ4v) is 4.73. The average molecular weight is 511 g/mol. The fraction of sp³-hybridized carbons (Fsp3) is 0.312. The van der Waals surface area contributed by atoms with Crippen LogP contribution < -0.4 is 4.74 Å². The Morgan fingerprint density at radius 2 is 1.89 bits per heavy atom.